The molecule has 0 aliphatic carbocycles. The van der Waals surface area contributed by atoms with Crippen molar-refractivity contribution in [2.45, 2.75) is 26.7 Å². The van der Waals surface area contributed by atoms with Crippen LogP contribution in [-0.2, 0) is 9.59 Å². The molecule has 1 aliphatic rings. The van der Waals surface area contributed by atoms with Gasteiger partial charge in [-0.3, -0.25) is 9.59 Å². The lowest BCUT2D eigenvalue weighted by Crippen LogP contribution is -2.25. The molecule has 1 aromatic heterocycles. The monoisotopic (exact) mass is 325 g/mol. The van der Waals surface area contributed by atoms with Crippen LogP contribution in [0.1, 0.15) is 31.0 Å². The van der Waals surface area contributed by atoms with Gasteiger partial charge in [-0.2, -0.15) is 10.2 Å². The first-order chi connectivity index (χ1) is 11.6. The molecule has 0 radical (unpaired) electrons. The fraction of sp³-hybridized carbons (Fsp3) is 0.294. The molecule has 0 fully saturated rings. The molecule has 2 amide bonds. The van der Waals surface area contributed by atoms with Gasteiger partial charge in [-0.15, -0.1) is 0 Å². The van der Waals surface area contributed by atoms with Crippen LogP contribution in [-0.4, -0.2) is 28.7 Å². The molecule has 0 bridgehead atoms. The lowest BCUT2D eigenvalue weighted by atomic mass is 9.99. The molecule has 3 rings (SSSR count). The van der Waals surface area contributed by atoms with Gasteiger partial charge < -0.3 is 4.98 Å². The maximum absolute atomic E-state index is 11.9. The fourth-order valence-corrected chi connectivity index (χ4v) is 2.79. The first kappa shape index (κ1) is 15.9. The smallest absolute Gasteiger partial charge is 0.248 e. The summed E-state index contributed by atoms with van der Waals surface area (Å²) in [5.74, 6) is -0.704. The third-order valence-corrected chi connectivity index (χ3v) is 4.15. The molecule has 1 unspecified atom stereocenters. The Morgan fingerprint density at radius 3 is 2.92 bits per heavy atom. The molecular formula is C17H19N5O2. The van der Waals surface area contributed by atoms with Crippen LogP contribution in [0.15, 0.2) is 34.5 Å². The van der Waals surface area contributed by atoms with Gasteiger partial charge in [-0.05, 0) is 26.3 Å². The summed E-state index contributed by atoms with van der Waals surface area (Å²) >= 11 is 0. The van der Waals surface area contributed by atoms with Crippen LogP contribution < -0.4 is 10.9 Å². The minimum Gasteiger partial charge on any atom is -0.358 e. The van der Waals surface area contributed by atoms with Gasteiger partial charge in [0, 0.05) is 34.3 Å². The Balaban J connectivity index is 1.57. The first-order valence-corrected chi connectivity index (χ1v) is 7.79. The van der Waals surface area contributed by atoms with E-state index in [1.165, 1.54) is 0 Å². The second-order valence-corrected chi connectivity index (χ2v) is 5.82. The number of fused-ring (bicyclic) bond motifs is 1. The van der Waals surface area contributed by atoms with Gasteiger partial charge in [0.2, 0.25) is 11.8 Å². The number of aromatic nitrogens is 1. The van der Waals surface area contributed by atoms with E-state index in [2.05, 4.69) is 26.0 Å². The summed E-state index contributed by atoms with van der Waals surface area (Å²) in [6, 6.07) is 7.92. The Hall–Kier alpha value is -2.96. The molecule has 0 spiro atoms. The maximum Gasteiger partial charge on any atom is 0.248 e. The van der Waals surface area contributed by atoms with Gasteiger partial charge in [0.1, 0.15) is 0 Å². The average Bonchev–Trinajstić information content (AvgIpc) is 3.05. The molecule has 24 heavy (non-hydrogen) atoms. The molecule has 1 atom stereocenters. The highest BCUT2D eigenvalue weighted by molar-refractivity contribution is 6.07. The summed E-state index contributed by atoms with van der Waals surface area (Å²) < 4.78 is 0. The molecule has 2 heterocycles. The molecular weight excluding hydrogens is 306 g/mol. The van der Waals surface area contributed by atoms with Crippen LogP contribution >= 0.6 is 0 Å². The Bertz CT molecular complexity index is 850. The van der Waals surface area contributed by atoms with Crippen LogP contribution in [0.3, 0.4) is 0 Å². The second-order valence-electron chi connectivity index (χ2n) is 5.82. The van der Waals surface area contributed by atoms with Crippen LogP contribution in [0.25, 0.3) is 10.9 Å². The summed E-state index contributed by atoms with van der Waals surface area (Å²) in [7, 11) is 0. The fourth-order valence-electron chi connectivity index (χ4n) is 2.79. The molecule has 2 aromatic rings. The van der Waals surface area contributed by atoms with Crippen LogP contribution in [0, 0.1) is 12.8 Å². The standard InChI is InChI=1S/C17H19N5O2/c1-10-14(13-5-3-4-6-15(13)19-10)9-18-21-16(23)8-7-12-11(2)20-22-17(12)24/h3-6,9,12,19H,7-8H2,1-2H3,(H,21,23)(H,22,24)/b18-9+. The minimum absolute atomic E-state index is 0.154. The topological polar surface area (TPSA) is 98.7 Å². The number of para-hydroxylation sites is 1. The van der Waals surface area contributed by atoms with Crippen molar-refractivity contribution >= 4 is 34.6 Å². The molecule has 0 saturated heterocycles. The summed E-state index contributed by atoms with van der Waals surface area (Å²) in [4.78, 5) is 26.7. The van der Waals surface area contributed by atoms with Crippen LogP contribution in [0.2, 0.25) is 0 Å². The number of hydrogen-bond donors (Lipinski definition) is 3. The van der Waals surface area contributed by atoms with Crippen molar-refractivity contribution in [2.24, 2.45) is 16.1 Å². The van der Waals surface area contributed by atoms with Gasteiger partial charge in [-0.1, -0.05) is 18.2 Å². The molecule has 7 nitrogen and oxygen atoms in total. The Morgan fingerprint density at radius 1 is 1.38 bits per heavy atom. The minimum atomic E-state index is -0.324. The molecule has 1 aliphatic heterocycles. The van der Waals surface area contributed by atoms with E-state index in [9.17, 15) is 9.59 Å². The number of nitrogens with zero attached hydrogens (tertiary/aromatic N) is 2. The van der Waals surface area contributed by atoms with Gasteiger partial charge in [-0.25, -0.2) is 10.9 Å². The summed E-state index contributed by atoms with van der Waals surface area (Å²) in [6.45, 7) is 3.74. The van der Waals surface area contributed by atoms with Crippen molar-refractivity contribution in [3.8, 4) is 0 Å². The number of amides is 2. The number of hydrazone groups is 2. The highest BCUT2D eigenvalue weighted by Crippen LogP contribution is 2.19. The number of aromatic amines is 1. The number of benzene rings is 1. The van der Waals surface area contributed by atoms with E-state index in [1.807, 2.05) is 31.2 Å². The SMILES string of the molecule is CC1=NNC(=O)C1CCC(=O)N/N=C/c1c(C)[nH]c2ccccc12. The van der Waals surface area contributed by atoms with Crippen molar-refractivity contribution in [3.63, 3.8) is 0 Å². The molecule has 3 N–H and O–H groups in total. The van der Waals surface area contributed by atoms with Crippen molar-refractivity contribution in [1.29, 1.82) is 0 Å². The van der Waals surface area contributed by atoms with E-state index in [4.69, 9.17) is 0 Å². The summed E-state index contributed by atoms with van der Waals surface area (Å²) in [5, 5.41) is 8.95. The Labute approximate surface area is 139 Å². The molecule has 7 heteroatoms. The third-order valence-electron chi connectivity index (χ3n) is 4.15. The first-order valence-electron chi connectivity index (χ1n) is 7.79. The van der Waals surface area contributed by atoms with Crippen molar-refractivity contribution < 1.29 is 9.59 Å². The van der Waals surface area contributed by atoms with Crippen molar-refractivity contribution in [1.82, 2.24) is 15.8 Å². The van der Waals surface area contributed by atoms with E-state index >= 15 is 0 Å². The van der Waals surface area contributed by atoms with Gasteiger partial charge in [0.05, 0.1) is 12.1 Å². The number of nitrogens with one attached hydrogen (secondary N) is 3. The quantitative estimate of drug-likeness (QED) is 0.577. The number of H-pyrrole nitrogens is 1. The lowest BCUT2D eigenvalue weighted by molar-refractivity contribution is -0.123. The van der Waals surface area contributed by atoms with Gasteiger partial charge in [0.15, 0.2) is 0 Å². The van der Waals surface area contributed by atoms with Gasteiger partial charge in [0.25, 0.3) is 0 Å². The Morgan fingerprint density at radius 2 is 2.17 bits per heavy atom. The molecule has 0 saturated carbocycles. The predicted molar refractivity (Wildman–Crippen MR) is 92.7 cm³/mol. The molecule has 1 aromatic carbocycles. The zero-order valence-electron chi connectivity index (χ0n) is 13.6. The normalized spacial score (nSPS) is 17.3. The zero-order chi connectivity index (χ0) is 17.1. The number of hydrogen-bond acceptors (Lipinski definition) is 4. The third kappa shape index (κ3) is 3.19. The van der Waals surface area contributed by atoms with E-state index in [-0.39, 0.29) is 24.2 Å². The number of carbonyl (C=O) groups excluding carboxylic acids is 2. The van der Waals surface area contributed by atoms with Crippen LogP contribution in [0.5, 0.6) is 0 Å². The second kappa shape index (κ2) is 6.66. The van der Waals surface area contributed by atoms with Gasteiger partial charge >= 0.3 is 0 Å². The van der Waals surface area contributed by atoms with Crippen LogP contribution in [0.4, 0.5) is 0 Å². The van der Waals surface area contributed by atoms with Crippen molar-refractivity contribution in [3.05, 3.63) is 35.5 Å². The number of rotatable bonds is 5. The van der Waals surface area contributed by atoms with E-state index in [1.54, 1.807) is 13.1 Å². The number of carbonyl (C=O) groups is 2. The maximum atomic E-state index is 11.9. The zero-order valence-corrected chi connectivity index (χ0v) is 13.6. The highest BCUT2D eigenvalue weighted by atomic mass is 16.2. The Kier molecular flexibility index (Phi) is 4.41. The average molecular weight is 325 g/mol. The predicted octanol–water partition coefficient (Wildman–Crippen LogP) is 1.83. The summed E-state index contributed by atoms with van der Waals surface area (Å²) in [6.07, 6.45) is 2.28. The van der Waals surface area contributed by atoms with Crippen molar-refractivity contribution in [2.75, 3.05) is 0 Å². The van der Waals surface area contributed by atoms with E-state index in [0.29, 0.717) is 12.1 Å². The number of aryl methyl sites for hydroxylation is 1. The highest BCUT2D eigenvalue weighted by Gasteiger charge is 2.26. The largest absolute Gasteiger partial charge is 0.358 e. The van der Waals surface area contributed by atoms with E-state index in [0.717, 1.165) is 22.2 Å². The van der Waals surface area contributed by atoms with E-state index < -0.39 is 0 Å². The summed E-state index contributed by atoms with van der Waals surface area (Å²) in [5.41, 5.74) is 8.61. The lowest BCUT2D eigenvalue weighted by Gasteiger charge is -2.06. The molecule has 124 valence electrons.